The fourth-order valence-corrected chi connectivity index (χ4v) is 4.29. The molecule has 5 rings (SSSR count). The molecule has 0 aliphatic carbocycles. The summed E-state index contributed by atoms with van der Waals surface area (Å²) in [6, 6.07) is 15.0. The lowest BCUT2D eigenvalue weighted by molar-refractivity contribution is -0.139. The first-order chi connectivity index (χ1) is 14.7. The van der Waals surface area contributed by atoms with E-state index in [0.717, 1.165) is 43.7 Å². The van der Waals surface area contributed by atoms with Crippen molar-refractivity contribution in [2.75, 3.05) is 31.1 Å². The van der Waals surface area contributed by atoms with E-state index < -0.39 is 6.10 Å². The van der Waals surface area contributed by atoms with Crippen molar-refractivity contribution in [2.45, 2.75) is 25.4 Å². The number of carbonyl (C=O) groups is 2. The van der Waals surface area contributed by atoms with Gasteiger partial charge >= 0.3 is 0 Å². The highest BCUT2D eigenvalue weighted by atomic mass is 16.5. The topological polar surface area (TPSA) is 59.1 Å². The van der Waals surface area contributed by atoms with Crippen molar-refractivity contribution in [1.29, 1.82) is 0 Å². The van der Waals surface area contributed by atoms with Gasteiger partial charge in [0.2, 0.25) is 0 Å². The first-order valence-corrected chi connectivity index (χ1v) is 10.5. The minimum atomic E-state index is -0.695. The van der Waals surface area contributed by atoms with E-state index in [-0.39, 0.29) is 25.0 Å². The van der Waals surface area contributed by atoms with Gasteiger partial charge in [0.15, 0.2) is 6.10 Å². The molecule has 6 nitrogen and oxygen atoms in total. The molecule has 0 bridgehead atoms. The standard InChI is InChI=1S/C24H24N2O4/c27-23(18-14-17-8-2-4-10-20(17)29-16-18)26-15-22(24(28)25-12-6-1-7-13-25)30-21-11-5-3-9-19(21)26/h2-5,8-11,14,22H,1,6-7,12-13,15-16H2/t22-/m1/s1. The molecule has 1 atom stereocenters. The minimum Gasteiger partial charge on any atom is -0.488 e. The Bertz CT molecular complexity index is 1010. The lowest BCUT2D eigenvalue weighted by Gasteiger charge is -2.37. The van der Waals surface area contributed by atoms with Crippen LogP contribution >= 0.6 is 0 Å². The highest BCUT2D eigenvalue weighted by molar-refractivity contribution is 6.10. The van der Waals surface area contributed by atoms with Gasteiger partial charge in [0.25, 0.3) is 11.8 Å². The fraction of sp³-hybridized carbons (Fsp3) is 0.333. The first-order valence-electron chi connectivity index (χ1n) is 10.5. The van der Waals surface area contributed by atoms with Crippen LogP contribution in [0.5, 0.6) is 11.5 Å². The van der Waals surface area contributed by atoms with E-state index in [1.807, 2.05) is 59.5 Å². The highest BCUT2D eigenvalue weighted by Crippen LogP contribution is 2.36. The van der Waals surface area contributed by atoms with Gasteiger partial charge in [0.05, 0.1) is 17.8 Å². The molecule has 30 heavy (non-hydrogen) atoms. The van der Waals surface area contributed by atoms with Gasteiger partial charge in [-0.2, -0.15) is 0 Å². The molecule has 154 valence electrons. The van der Waals surface area contributed by atoms with Crippen molar-refractivity contribution in [3.63, 3.8) is 0 Å². The number of fused-ring (bicyclic) bond motifs is 2. The number of anilines is 1. The van der Waals surface area contributed by atoms with Gasteiger partial charge < -0.3 is 19.3 Å². The summed E-state index contributed by atoms with van der Waals surface area (Å²) in [5.74, 6) is 1.14. The summed E-state index contributed by atoms with van der Waals surface area (Å²) in [5.41, 5.74) is 2.13. The van der Waals surface area contributed by atoms with Gasteiger partial charge in [0.1, 0.15) is 18.1 Å². The second-order valence-electron chi connectivity index (χ2n) is 7.87. The Morgan fingerprint density at radius 3 is 2.47 bits per heavy atom. The molecule has 0 N–H and O–H groups in total. The lowest BCUT2D eigenvalue weighted by Crippen LogP contribution is -2.53. The minimum absolute atomic E-state index is 0.0405. The zero-order chi connectivity index (χ0) is 20.5. The maximum absolute atomic E-state index is 13.5. The number of ether oxygens (including phenoxy) is 2. The molecule has 2 amide bonds. The van der Waals surface area contributed by atoms with Crippen molar-refractivity contribution >= 4 is 23.6 Å². The van der Waals surface area contributed by atoms with E-state index >= 15 is 0 Å². The molecule has 0 radical (unpaired) electrons. The number of rotatable bonds is 2. The van der Waals surface area contributed by atoms with E-state index in [1.54, 1.807) is 4.90 Å². The molecular weight excluding hydrogens is 380 g/mol. The zero-order valence-corrected chi connectivity index (χ0v) is 16.8. The van der Waals surface area contributed by atoms with Crippen molar-refractivity contribution in [2.24, 2.45) is 0 Å². The number of likely N-dealkylation sites (tertiary alicyclic amines) is 1. The summed E-state index contributed by atoms with van der Waals surface area (Å²) in [4.78, 5) is 30.1. The van der Waals surface area contributed by atoms with E-state index in [0.29, 0.717) is 17.0 Å². The van der Waals surface area contributed by atoms with E-state index in [2.05, 4.69) is 0 Å². The third-order valence-corrected chi connectivity index (χ3v) is 5.87. The number of piperidine rings is 1. The highest BCUT2D eigenvalue weighted by Gasteiger charge is 2.37. The Balaban J connectivity index is 1.44. The van der Waals surface area contributed by atoms with E-state index in [4.69, 9.17) is 9.47 Å². The van der Waals surface area contributed by atoms with Crippen LogP contribution in [-0.2, 0) is 9.59 Å². The van der Waals surface area contributed by atoms with E-state index in [9.17, 15) is 9.59 Å². The van der Waals surface area contributed by atoms with Crippen LogP contribution in [0.4, 0.5) is 5.69 Å². The molecule has 1 fully saturated rings. The van der Waals surface area contributed by atoms with Crippen molar-refractivity contribution in [3.05, 3.63) is 59.7 Å². The Kier molecular flexibility index (Phi) is 4.91. The molecule has 3 aliphatic rings. The van der Waals surface area contributed by atoms with Gasteiger partial charge in [-0.05, 0) is 43.5 Å². The van der Waals surface area contributed by atoms with Gasteiger partial charge in [-0.15, -0.1) is 0 Å². The monoisotopic (exact) mass is 404 g/mol. The summed E-state index contributed by atoms with van der Waals surface area (Å²) in [6.07, 6.45) is 4.36. The van der Waals surface area contributed by atoms with Gasteiger partial charge in [-0.3, -0.25) is 9.59 Å². The van der Waals surface area contributed by atoms with Gasteiger partial charge in [-0.1, -0.05) is 30.3 Å². The Morgan fingerprint density at radius 1 is 0.900 bits per heavy atom. The summed E-state index contributed by atoms with van der Waals surface area (Å²) >= 11 is 0. The second-order valence-corrected chi connectivity index (χ2v) is 7.87. The molecule has 0 aromatic heterocycles. The molecule has 0 saturated carbocycles. The average molecular weight is 404 g/mol. The Labute approximate surface area is 175 Å². The molecule has 6 heteroatoms. The predicted octanol–water partition coefficient (Wildman–Crippen LogP) is 3.27. The number of benzene rings is 2. The largest absolute Gasteiger partial charge is 0.488 e. The summed E-state index contributed by atoms with van der Waals surface area (Å²) < 4.78 is 11.8. The number of amides is 2. The number of carbonyl (C=O) groups excluding carboxylic acids is 2. The zero-order valence-electron chi connectivity index (χ0n) is 16.8. The molecule has 3 aliphatic heterocycles. The SMILES string of the molecule is O=C([C@H]1CN(C(=O)C2=Cc3ccccc3OC2)c2ccccc2O1)N1CCCCC1. The number of nitrogens with zero attached hydrogens (tertiary/aromatic N) is 2. The van der Waals surface area contributed by atoms with Crippen LogP contribution in [0.3, 0.4) is 0 Å². The Hall–Kier alpha value is -3.28. The number of hydrogen-bond donors (Lipinski definition) is 0. The van der Waals surface area contributed by atoms with Gasteiger partial charge in [0, 0.05) is 18.7 Å². The van der Waals surface area contributed by atoms with Crippen LogP contribution in [0.25, 0.3) is 6.08 Å². The predicted molar refractivity (Wildman–Crippen MR) is 114 cm³/mol. The maximum Gasteiger partial charge on any atom is 0.265 e. The molecular formula is C24H24N2O4. The van der Waals surface area contributed by atoms with Crippen LogP contribution < -0.4 is 14.4 Å². The fourth-order valence-electron chi connectivity index (χ4n) is 4.29. The molecule has 0 spiro atoms. The smallest absolute Gasteiger partial charge is 0.265 e. The number of para-hydroxylation sites is 3. The lowest BCUT2D eigenvalue weighted by atomic mass is 10.0. The maximum atomic E-state index is 13.5. The molecule has 2 aromatic carbocycles. The summed E-state index contributed by atoms with van der Waals surface area (Å²) in [5, 5.41) is 0. The van der Waals surface area contributed by atoms with Crippen LogP contribution in [0, 0.1) is 0 Å². The van der Waals surface area contributed by atoms with Crippen LogP contribution in [0.1, 0.15) is 24.8 Å². The van der Waals surface area contributed by atoms with Crippen LogP contribution in [-0.4, -0.2) is 49.1 Å². The van der Waals surface area contributed by atoms with Crippen LogP contribution in [0.15, 0.2) is 54.1 Å². The molecule has 3 heterocycles. The van der Waals surface area contributed by atoms with Crippen LogP contribution in [0.2, 0.25) is 0 Å². The third kappa shape index (κ3) is 3.43. The average Bonchev–Trinajstić information content (AvgIpc) is 2.82. The van der Waals surface area contributed by atoms with Crippen molar-refractivity contribution < 1.29 is 19.1 Å². The number of hydrogen-bond acceptors (Lipinski definition) is 4. The van der Waals surface area contributed by atoms with Gasteiger partial charge in [-0.25, -0.2) is 0 Å². The normalized spacial score (nSPS) is 20.3. The van der Waals surface area contributed by atoms with E-state index in [1.165, 1.54) is 0 Å². The molecule has 2 aromatic rings. The Morgan fingerprint density at radius 2 is 1.63 bits per heavy atom. The molecule has 0 unspecified atom stereocenters. The van der Waals surface area contributed by atoms with Crippen molar-refractivity contribution in [1.82, 2.24) is 4.90 Å². The molecule has 1 saturated heterocycles. The van der Waals surface area contributed by atoms with Crippen molar-refractivity contribution in [3.8, 4) is 11.5 Å². The third-order valence-electron chi connectivity index (χ3n) is 5.87. The summed E-state index contributed by atoms with van der Waals surface area (Å²) in [6.45, 7) is 1.92. The second kappa shape index (κ2) is 7.86. The summed E-state index contributed by atoms with van der Waals surface area (Å²) in [7, 11) is 0. The quantitative estimate of drug-likeness (QED) is 0.771. The first kappa shape index (κ1) is 18.7.